The monoisotopic (exact) mass is 287 g/mol. The van der Waals surface area contributed by atoms with Crippen LogP contribution in [0.3, 0.4) is 0 Å². The average Bonchev–Trinajstić information content (AvgIpc) is 2.88. The maximum absolute atomic E-state index is 5.84. The SMILES string of the molecule is CCC(c1ccccc1)c1nnc(CCNC(C)(C)C)o1. The third-order valence-electron chi connectivity index (χ3n) is 3.38. The van der Waals surface area contributed by atoms with E-state index in [0.29, 0.717) is 5.89 Å². The predicted octanol–water partition coefficient (Wildman–Crippen LogP) is 3.54. The van der Waals surface area contributed by atoms with Crippen molar-refractivity contribution in [1.82, 2.24) is 15.5 Å². The Morgan fingerprint density at radius 3 is 2.48 bits per heavy atom. The molecule has 114 valence electrons. The second-order valence-electron chi connectivity index (χ2n) is 6.33. The molecule has 0 saturated heterocycles. The molecule has 1 unspecified atom stereocenters. The summed E-state index contributed by atoms with van der Waals surface area (Å²) in [6.45, 7) is 9.42. The molecule has 1 atom stereocenters. The van der Waals surface area contributed by atoms with Crippen LogP contribution < -0.4 is 5.32 Å². The van der Waals surface area contributed by atoms with E-state index >= 15 is 0 Å². The van der Waals surface area contributed by atoms with Crippen LogP contribution in [-0.2, 0) is 6.42 Å². The van der Waals surface area contributed by atoms with Gasteiger partial charge in [-0.25, -0.2) is 0 Å². The van der Waals surface area contributed by atoms with E-state index in [1.807, 2.05) is 18.2 Å². The van der Waals surface area contributed by atoms with Gasteiger partial charge in [0.15, 0.2) is 0 Å². The summed E-state index contributed by atoms with van der Waals surface area (Å²) in [6, 6.07) is 10.3. The largest absolute Gasteiger partial charge is 0.425 e. The summed E-state index contributed by atoms with van der Waals surface area (Å²) in [5.74, 6) is 1.61. The van der Waals surface area contributed by atoms with E-state index in [9.17, 15) is 0 Å². The highest BCUT2D eigenvalue weighted by atomic mass is 16.4. The van der Waals surface area contributed by atoms with Gasteiger partial charge in [-0.2, -0.15) is 0 Å². The lowest BCUT2D eigenvalue weighted by molar-refractivity contribution is 0.394. The van der Waals surface area contributed by atoms with Crippen LogP contribution in [0, 0.1) is 0 Å². The zero-order valence-corrected chi connectivity index (χ0v) is 13.4. The molecule has 0 aliphatic rings. The van der Waals surface area contributed by atoms with Crippen molar-refractivity contribution in [1.29, 1.82) is 0 Å². The summed E-state index contributed by atoms with van der Waals surface area (Å²) in [7, 11) is 0. The molecule has 0 spiro atoms. The quantitative estimate of drug-likeness (QED) is 0.883. The molecular formula is C17H25N3O. The van der Waals surface area contributed by atoms with E-state index in [2.05, 4.69) is 55.3 Å². The molecule has 0 radical (unpaired) electrons. The van der Waals surface area contributed by atoms with E-state index < -0.39 is 0 Å². The topological polar surface area (TPSA) is 51.0 Å². The molecule has 1 aromatic carbocycles. The molecule has 0 aliphatic carbocycles. The van der Waals surface area contributed by atoms with Gasteiger partial charge in [-0.3, -0.25) is 0 Å². The Morgan fingerprint density at radius 2 is 1.86 bits per heavy atom. The normalized spacial score (nSPS) is 13.3. The molecule has 0 fully saturated rings. The van der Waals surface area contributed by atoms with Gasteiger partial charge < -0.3 is 9.73 Å². The van der Waals surface area contributed by atoms with Gasteiger partial charge in [0.05, 0.1) is 5.92 Å². The fraction of sp³-hybridized carbons (Fsp3) is 0.529. The van der Waals surface area contributed by atoms with Gasteiger partial charge in [-0.05, 0) is 32.8 Å². The summed E-state index contributed by atoms with van der Waals surface area (Å²) < 4.78 is 5.84. The Hall–Kier alpha value is -1.68. The van der Waals surface area contributed by atoms with Gasteiger partial charge in [0, 0.05) is 18.5 Å². The lowest BCUT2D eigenvalue weighted by Crippen LogP contribution is -2.37. The number of hydrogen-bond donors (Lipinski definition) is 1. The van der Waals surface area contributed by atoms with Crippen molar-refractivity contribution in [3.63, 3.8) is 0 Å². The first-order valence-electron chi connectivity index (χ1n) is 7.62. The molecule has 0 amide bonds. The van der Waals surface area contributed by atoms with Crippen molar-refractivity contribution in [2.75, 3.05) is 6.54 Å². The molecule has 1 aromatic heterocycles. The molecule has 1 N–H and O–H groups in total. The zero-order valence-electron chi connectivity index (χ0n) is 13.4. The summed E-state index contributed by atoms with van der Waals surface area (Å²) in [6.07, 6.45) is 1.71. The summed E-state index contributed by atoms with van der Waals surface area (Å²) in [5.41, 5.74) is 1.33. The minimum Gasteiger partial charge on any atom is -0.425 e. The molecule has 2 aromatic rings. The average molecular weight is 287 g/mol. The van der Waals surface area contributed by atoms with E-state index in [0.717, 1.165) is 25.3 Å². The van der Waals surface area contributed by atoms with Crippen molar-refractivity contribution in [2.45, 2.75) is 52.0 Å². The number of benzene rings is 1. The van der Waals surface area contributed by atoms with Crippen LogP contribution in [0.5, 0.6) is 0 Å². The van der Waals surface area contributed by atoms with Crippen molar-refractivity contribution < 1.29 is 4.42 Å². The second-order valence-corrected chi connectivity index (χ2v) is 6.33. The fourth-order valence-corrected chi connectivity index (χ4v) is 2.29. The second kappa shape index (κ2) is 6.85. The molecule has 4 heteroatoms. The maximum atomic E-state index is 5.84. The highest BCUT2D eigenvalue weighted by molar-refractivity contribution is 5.24. The third kappa shape index (κ3) is 4.67. The minimum atomic E-state index is 0.110. The first-order valence-corrected chi connectivity index (χ1v) is 7.62. The van der Waals surface area contributed by atoms with Gasteiger partial charge >= 0.3 is 0 Å². The Morgan fingerprint density at radius 1 is 1.14 bits per heavy atom. The van der Waals surface area contributed by atoms with Crippen LogP contribution in [0.25, 0.3) is 0 Å². The predicted molar refractivity (Wildman–Crippen MR) is 84.3 cm³/mol. The molecule has 2 rings (SSSR count). The molecule has 21 heavy (non-hydrogen) atoms. The lowest BCUT2D eigenvalue weighted by atomic mass is 9.97. The van der Waals surface area contributed by atoms with Crippen LogP contribution in [0.2, 0.25) is 0 Å². The highest BCUT2D eigenvalue weighted by Crippen LogP contribution is 2.26. The molecule has 0 bridgehead atoms. The van der Waals surface area contributed by atoms with Crippen molar-refractivity contribution in [3.05, 3.63) is 47.7 Å². The Labute approximate surface area is 127 Å². The van der Waals surface area contributed by atoms with Crippen LogP contribution in [-0.4, -0.2) is 22.3 Å². The highest BCUT2D eigenvalue weighted by Gasteiger charge is 2.19. The van der Waals surface area contributed by atoms with Crippen LogP contribution in [0.1, 0.15) is 57.4 Å². The lowest BCUT2D eigenvalue weighted by Gasteiger charge is -2.19. The third-order valence-corrected chi connectivity index (χ3v) is 3.38. The molecule has 0 aliphatic heterocycles. The molecule has 0 saturated carbocycles. The van der Waals surface area contributed by atoms with E-state index in [1.54, 1.807) is 0 Å². The standard InChI is InChI=1S/C17H25N3O/c1-5-14(13-9-7-6-8-10-13)16-20-19-15(21-16)11-12-18-17(2,3)4/h6-10,14,18H,5,11-12H2,1-4H3. The summed E-state index contributed by atoms with van der Waals surface area (Å²) in [5, 5.41) is 11.8. The van der Waals surface area contributed by atoms with E-state index in [1.165, 1.54) is 5.56 Å². The van der Waals surface area contributed by atoms with Gasteiger partial charge in [0.25, 0.3) is 0 Å². The van der Waals surface area contributed by atoms with Gasteiger partial charge in [0.1, 0.15) is 0 Å². The van der Waals surface area contributed by atoms with E-state index in [-0.39, 0.29) is 11.5 Å². The Kier molecular flexibility index (Phi) is 5.12. The zero-order chi connectivity index (χ0) is 15.3. The number of nitrogens with one attached hydrogen (secondary N) is 1. The van der Waals surface area contributed by atoms with Gasteiger partial charge in [-0.1, -0.05) is 37.3 Å². The number of rotatable bonds is 6. The van der Waals surface area contributed by atoms with Crippen LogP contribution in [0.15, 0.2) is 34.7 Å². The van der Waals surface area contributed by atoms with Crippen molar-refractivity contribution in [3.8, 4) is 0 Å². The smallest absolute Gasteiger partial charge is 0.223 e. The summed E-state index contributed by atoms with van der Waals surface area (Å²) in [4.78, 5) is 0. The fourth-order valence-electron chi connectivity index (χ4n) is 2.29. The van der Waals surface area contributed by atoms with Gasteiger partial charge in [-0.15, -0.1) is 10.2 Å². The van der Waals surface area contributed by atoms with E-state index in [4.69, 9.17) is 4.42 Å². The molecule has 4 nitrogen and oxygen atoms in total. The minimum absolute atomic E-state index is 0.110. The van der Waals surface area contributed by atoms with Crippen molar-refractivity contribution in [2.24, 2.45) is 0 Å². The molecular weight excluding hydrogens is 262 g/mol. The molecule has 1 heterocycles. The van der Waals surface area contributed by atoms with Crippen molar-refractivity contribution >= 4 is 0 Å². The maximum Gasteiger partial charge on any atom is 0.223 e. The van der Waals surface area contributed by atoms with Crippen LogP contribution in [0.4, 0.5) is 0 Å². The Bertz CT molecular complexity index is 543. The number of aromatic nitrogens is 2. The first kappa shape index (κ1) is 15.7. The van der Waals surface area contributed by atoms with Crippen LogP contribution >= 0.6 is 0 Å². The number of nitrogens with zero attached hydrogens (tertiary/aromatic N) is 2. The first-order chi connectivity index (χ1) is 9.99. The van der Waals surface area contributed by atoms with Gasteiger partial charge in [0.2, 0.25) is 11.8 Å². The number of hydrogen-bond acceptors (Lipinski definition) is 4. The summed E-state index contributed by atoms with van der Waals surface area (Å²) >= 11 is 0. The Balaban J connectivity index is 2.01.